The van der Waals surface area contributed by atoms with Crippen LogP contribution in [0, 0.1) is 5.92 Å². The number of methoxy groups -OCH3 is 1. The lowest BCUT2D eigenvalue weighted by molar-refractivity contribution is -0.119. The monoisotopic (exact) mass is 450 g/mol. The number of hydrogen-bond acceptors (Lipinski definition) is 7. The largest absolute Gasteiger partial charge is 0.481 e. The van der Waals surface area contributed by atoms with Crippen LogP contribution in [-0.4, -0.2) is 53.1 Å². The number of hydrogen-bond donors (Lipinski definition) is 3. The van der Waals surface area contributed by atoms with Crippen molar-refractivity contribution in [3.8, 4) is 5.88 Å². The second-order valence-corrected chi connectivity index (χ2v) is 9.59. The molecule has 1 amide bonds. The van der Waals surface area contributed by atoms with Gasteiger partial charge in [0.1, 0.15) is 6.04 Å². The molecule has 0 bridgehead atoms. The first-order valence-electron chi connectivity index (χ1n) is 12.2. The summed E-state index contributed by atoms with van der Waals surface area (Å²) >= 11 is 0. The number of fused-ring (bicyclic) bond motifs is 1. The molecular formula is C25H34N6O2. The average Bonchev–Trinajstić information content (AvgIpc) is 3.29. The van der Waals surface area contributed by atoms with E-state index in [1.54, 1.807) is 19.4 Å². The van der Waals surface area contributed by atoms with Crippen LogP contribution in [0.15, 0.2) is 36.8 Å². The van der Waals surface area contributed by atoms with Crippen LogP contribution in [0.4, 0.5) is 5.69 Å². The van der Waals surface area contributed by atoms with Crippen molar-refractivity contribution in [2.75, 3.05) is 25.5 Å². The number of hydrazine groups is 1. The average molecular weight is 451 g/mol. The minimum absolute atomic E-state index is 0.0282. The molecule has 33 heavy (non-hydrogen) atoms. The van der Waals surface area contributed by atoms with Crippen LogP contribution >= 0.6 is 0 Å². The Labute approximate surface area is 195 Å². The van der Waals surface area contributed by atoms with Gasteiger partial charge in [-0.25, -0.2) is 10.4 Å². The van der Waals surface area contributed by atoms with E-state index >= 15 is 0 Å². The number of ether oxygens (including phenoxy) is 1. The molecule has 4 heterocycles. The van der Waals surface area contributed by atoms with Crippen molar-refractivity contribution in [3.05, 3.63) is 47.9 Å². The van der Waals surface area contributed by atoms with E-state index in [0.29, 0.717) is 23.5 Å². The van der Waals surface area contributed by atoms with Gasteiger partial charge in [0.2, 0.25) is 11.8 Å². The number of nitrogens with one attached hydrogen (secondary N) is 3. The third-order valence-corrected chi connectivity index (χ3v) is 7.39. The standard InChI is InChI=1S/C25H34N6O2/c1-33-23-8-6-20(15-27-23)28-25(32)24-21-12-18(5-7-22(21)29-30-24)19-11-17(13-26-14-19)16-31-9-3-2-4-10-31/h6,8,11,13-15,18,21-22,24,29-30H,2-5,7,9-10,12,16H2,1H3,(H,28,32). The summed E-state index contributed by atoms with van der Waals surface area (Å²) in [4.78, 5) is 24.4. The van der Waals surface area contributed by atoms with Crippen molar-refractivity contribution in [2.24, 2.45) is 5.92 Å². The molecule has 8 nitrogen and oxygen atoms in total. The molecule has 3 N–H and O–H groups in total. The molecule has 3 fully saturated rings. The van der Waals surface area contributed by atoms with Gasteiger partial charge in [-0.2, -0.15) is 0 Å². The van der Waals surface area contributed by atoms with Gasteiger partial charge in [-0.1, -0.05) is 12.5 Å². The molecule has 176 valence electrons. The number of anilines is 1. The van der Waals surface area contributed by atoms with Gasteiger partial charge in [-0.3, -0.25) is 20.1 Å². The summed E-state index contributed by atoms with van der Waals surface area (Å²) in [5.74, 6) is 1.17. The van der Waals surface area contributed by atoms with Crippen molar-refractivity contribution in [3.63, 3.8) is 0 Å². The van der Waals surface area contributed by atoms with Gasteiger partial charge >= 0.3 is 0 Å². The molecule has 1 aliphatic carbocycles. The number of pyridine rings is 2. The Bertz CT molecular complexity index is 946. The first-order chi connectivity index (χ1) is 16.2. The van der Waals surface area contributed by atoms with Gasteiger partial charge in [0.15, 0.2) is 0 Å². The van der Waals surface area contributed by atoms with Gasteiger partial charge in [-0.05, 0) is 68.3 Å². The highest BCUT2D eigenvalue weighted by Gasteiger charge is 2.44. The molecule has 0 aromatic carbocycles. The molecule has 0 radical (unpaired) electrons. The molecule has 2 aromatic heterocycles. The minimum Gasteiger partial charge on any atom is -0.481 e. The van der Waals surface area contributed by atoms with Gasteiger partial charge in [0, 0.05) is 37.0 Å². The minimum atomic E-state index is -0.274. The number of likely N-dealkylation sites (tertiary alicyclic amines) is 1. The van der Waals surface area contributed by atoms with Gasteiger partial charge in [0.25, 0.3) is 0 Å². The second-order valence-electron chi connectivity index (χ2n) is 9.59. The van der Waals surface area contributed by atoms with E-state index < -0.39 is 0 Å². The lowest BCUT2D eigenvalue weighted by Gasteiger charge is -2.33. The summed E-state index contributed by atoms with van der Waals surface area (Å²) in [6.45, 7) is 3.37. The van der Waals surface area contributed by atoms with E-state index in [0.717, 1.165) is 25.8 Å². The predicted octanol–water partition coefficient (Wildman–Crippen LogP) is 2.84. The highest BCUT2D eigenvalue weighted by molar-refractivity contribution is 5.95. The summed E-state index contributed by atoms with van der Waals surface area (Å²) < 4.78 is 5.10. The number of carbonyl (C=O) groups excluding carboxylic acids is 1. The first-order valence-corrected chi connectivity index (χ1v) is 12.2. The maximum Gasteiger partial charge on any atom is 0.243 e. The van der Waals surface area contributed by atoms with Crippen LogP contribution in [0.25, 0.3) is 0 Å². The van der Waals surface area contributed by atoms with E-state index in [4.69, 9.17) is 4.74 Å². The van der Waals surface area contributed by atoms with Gasteiger partial charge in [0.05, 0.1) is 19.0 Å². The lowest BCUT2D eigenvalue weighted by atomic mass is 9.73. The normalized spacial score (nSPS) is 27.7. The summed E-state index contributed by atoms with van der Waals surface area (Å²) in [5, 5.41) is 3.00. The Hall–Kier alpha value is -2.55. The van der Waals surface area contributed by atoms with Crippen LogP contribution in [0.3, 0.4) is 0 Å². The number of amides is 1. The van der Waals surface area contributed by atoms with Crippen LogP contribution < -0.4 is 20.9 Å². The van der Waals surface area contributed by atoms with E-state index in [2.05, 4.69) is 37.1 Å². The molecule has 3 aliphatic rings. The molecule has 1 saturated carbocycles. The molecule has 2 saturated heterocycles. The van der Waals surface area contributed by atoms with Gasteiger partial charge in [-0.15, -0.1) is 0 Å². The quantitative estimate of drug-likeness (QED) is 0.623. The summed E-state index contributed by atoms with van der Waals surface area (Å²) in [5.41, 5.74) is 9.91. The molecule has 4 atom stereocenters. The zero-order valence-corrected chi connectivity index (χ0v) is 19.3. The molecular weight excluding hydrogens is 416 g/mol. The van der Waals surface area contributed by atoms with E-state index in [9.17, 15) is 4.79 Å². The van der Waals surface area contributed by atoms with E-state index in [1.807, 2.05) is 18.5 Å². The van der Waals surface area contributed by atoms with Gasteiger partial charge < -0.3 is 10.1 Å². The second kappa shape index (κ2) is 10.2. The topological polar surface area (TPSA) is 91.4 Å². The van der Waals surface area contributed by atoms with Crippen LogP contribution in [0.2, 0.25) is 0 Å². The summed E-state index contributed by atoms with van der Waals surface area (Å²) in [7, 11) is 1.58. The maximum atomic E-state index is 13.1. The molecule has 5 rings (SSSR count). The molecule has 4 unspecified atom stereocenters. The third kappa shape index (κ3) is 5.18. The fourth-order valence-electron chi connectivity index (χ4n) is 5.61. The summed E-state index contributed by atoms with van der Waals surface area (Å²) in [6.07, 6.45) is 12.8. The van der Waals surface area contributed by atoms with Crippen molar-refractivity contribution in [1.29, 1.82) is 0 Å². The molecule has 2 aromatic rings. The Balaban J connectivity index is 1.23. The summed E-state index contributed by atoms with van der Waals surface area (Å²) in [6, 6.07) is 5.95. The Kier molecular flexibility index (Phi) is 6.85. The van der Waals surface area contributed by atoms with Crippen LogP contribution in [0.5, 0.6) is 5.88 Å². The van der Waals surface area contributed by atoms with E-state index in [-0.39, 0.29) is 17.9 Å². The van der Waals surface area contributed by atoms with Crippen molar-refractivity contribution in [2.45, 2.75) is 63.1 Å². The first kappa shape index (κ1) is 22.3. The van der Waals surface area contributed by atoms with Crippen molar-refractivity contribution < 1.29 is 9.53 Å². The molecule has 8 heteroatoms. The smallest absolute Gasteiger partial charge is 0.243 e. The zero-order chi connectivity index (χ0) is 22.6. The van der Waals surface area contributed by atoms with Crippen LogP contribution in [-0.2, 0) is 11.3 Å². The Morgan fingerprint density at radius 3 is 2.82 bits per heavy atom. The van der Waals surface area contributed by atoms with Crippen molar-refractivity contribution in [1.82, 2.24) is 25.7 Å². The lowest BCUT2D eigenvalue weighted by Crippen LogP contribution is -2.42. The molecule has 0 spiro atoms. The number of nitrogens with zero attached hydrogens (tertiary/aromatic N) is 3. The predicted molar refractivity (Wildman–Crippen MR) is 127 cm³/mol. The number of carbonyl (C=O) groups is 1. The Morgan fingerprint density at radius 2 is 2.03 bits per heavy atom. The number of aromatic nitrogens is 2. The SMILES string of the molecule is COc1ccc(NC(=O)C2NNC3CCC(c4cncc(CN5CCCCC5)c4)CC32)cn1. The maximum absolute atomic E-state index is 13.1. The molecule has 2 aliphatic heterocycles. The highest BCUT2D eigenvalue weighted by Crippen LogP contribution is 2.40. The van der Waals surface area contributed by atoms with Crippen LogP contribution in [0.1, 0.15) is 55.6 Å². The fraction of sp³-hybridized carbons (Fsp3) is 0.560. The van der Waals surface area contributed by atoms with Crippen molar-refractivity contribution >= 4 is 11.6 Å². The Morgan fingerprint density at radius 1 is 1.15 bits per heavy atom. The zero-order valence-electron chi connectivity index (χ0n) is 19.3. The highest BCUT2D eigenvalue weighted by atomic mass is 16.5. The number of piperidine rings is 1. The number of rotatable bonds is 6. The van der Waals surface area contributed by atoms with E-state index in [1.165, 1.54) is 43.5 Å². The fourth-order valence-corrected chi connectivity index (χ4v) is 5.61. The third-order valence-electron chi connectivity index (χ3n) is 7.39.